The van der Waals surface area contributed by atoms with E-state index in [0.29, 0.717) is 36.1 Å². The number of para-hydroxylation sites is 1. The fourth-order valence-electron chi connectivity index (χ4n) is 4.49. The van der Waals surface area contributed by atoms with Crippen LogP contribution in [-0.2, 0) is 9.59 Å². The molecule has 6 rings (SSSR count). The van der Waals surface area contributed by atoms with Gasteiger partial charge in [0.2, 0.25) is 5.91 Å². The van der Waals surface area contributed by atoms with E-state index >= 15 is 0 Å². The smallest absolute Gasteiger partial charge is 0.259 e. The van der Waals surface area contributed by atoms with Crippen molar-refractivity contribution in [2.75, 3.05) is 23.1 Å². The minimum absolute atomic E-state index is 0.304. The maximum Gasteiger partial charge on any atom is 0.259 e. The largest absolute Gasteiger partial charge is 0.486 e. The van der Waals surface area contributed by atoms with Crippen LogP contribution in [0, 0.1) is 5.92 Å². The molecular weight excluding hydrogens is 486 g/mol. The first kappa shape index (κ1) is 20.0. The molecule has 1 fully saturated rings. The standard InChI is InChI=1S/C25H18BrN3O4/c26-16-8-6-15(7-9-16)22-21-23(29(27-22)17-4-2-1-3-5-17)25(31)28(24(21)30)18-10-11-19-20(14-18)33-13-12-32-19/h1-11,14,21,23H,12-13H2/t21-,23-/m0/s1. The number of halogens is 1. The molecule has 0 aromatic heterocycles. The Kier molecular flexibility index (Phi) is 4.69. The summed E-state index contributed by atoms with van der Waals surface area (Å²) in [7, 11) is 0. The summed E-state index contributed by atoms with van der Waals surface area (Å²) in [6.45, 7) is 0.892. The third-order valence-electron chi connectivity index (χ3n) is 5.99. The molecular formula is C25H18BrN3O4. The molecule has 0 saturated carbocycles. The average molecular weight is 504 g/mol. The molecule has 2 amide bonds. The van der Waals surface area contributed by atoms with E-state index in [4.69, 9.17) is 14.6 Å². The van der Waals surface area contributed by atoms with Crippen molar-refractivity contribution in [1.82, 2.24) is 0 Å². The number of hydrazone groups is 1. The summed E-state index contributed by atoms with van der Waals surface area (Å²) < 4.78 is 12.2. The first-order chi connectivity index (χ1) is 16.1. The zero-order chi connectivity index (χ0) is 22.5. The van der Waals surface area contributed by atoms with Crippen LogP contribution in [0.5, 0.6) is 11.5 Å². The van der Waals surface area contributed by atoms with Gasteiger partial charge in [-0.05, 0) is 42.0 Å². The summed E-state index contributed by atoms with van der Waals surface area (Å²) in [5, 5.41) is 6.43. The lowest BCUT2D eigenvalue weighted by Crippen LogP contribution is -2.39. The monoisotopic (exact) mass is 503 g/mol. The van der Waals surface area contributed by atoms with Crippen molar-refractivity contribution in [3.05, 3.63) is 82.8 Å². The number of fused-ring (bicyclic) bond motifs is 2. The number of imide groups is 1. The number of ether oxygens (including phenoxy) is 2. The Morgan fingerprint density at radius 2 is 1.55 bits per heavy atom. The van der Waals surface area contributed by atoms with E-state index in [1.807, 2.05) is 54.6 Å². The van der Waals surface area contributed by atoms with Crippen molar-refractivity contribution < 1.29 is 19.1 Å². The van der Waals surface area contributed by atoms with Crippen LogP contribution in [0.4, 0.5) is 11.4 Å². The van der Waals surface area contributed by atoms with Crippen molar-refractivity contribution in [3.8, 4) is 11.5 Å². The molecule has 0 aliphatic carbocycles. The zero-order valence-electron chi connectivity index (χ0n) is 17.3. The van der Waals surface area contributed by atoms with Crippen LogP contribution in [0.2, 0.25) is 0 Å². The Labute approximate surface area is 198 Å². The Hall–Kier alpha value is -3.65. The van der Waals surface area contributed by atoms with Gasteiger partial charge in [0.05, 0.1) is 17.1 Å². The molecule has 0 unspecified atom stereocenters. The lowest BCUT2D eigenvalue weighted by molar-refractivity contribution is -0.121. The predicted molar refractivity (Wildman–Crippen MR) is 127 cm³/mol. The van der Waals surface area contributed by atoms with E-state index in [1.165, 1.54) is 4.90 Å². The maximum absolute atomic E-state index is 13.7. The second-order valence-electron chi connectivity index (χ2n) is 7.93. The Morgan fingerprint density at radius 3 is 2.30 bits per heavy atom. The van der Waals surface area contributed by atoms with Crippen molar-refractivity contribution in [3.63, 3.8) is 0 Å². The van der Waals surface area contributed by atoms with E-state index in [-0.39, 0.29) is 11.8 Å². The highest BCUT2D eigenvalue weighted by atomic mass is 79.9. The van der Waals surface area contributed by atoms with Gasteiger partial charge in [-0.15, -0.1) is 0 Å². The van der Waals surface area contributed by atoms with Gasteiger partial charge in [0.1, 0.15) is 25.2 Å². The maximum atomic E-state index is 13.7. The van der Waals surface area contributed by atoms with Gasteiger partial charge in [0.25, 0.3) is 5.91 Å². The van der Waals surface area contributed by atoms with Crippen molar-refractivity contribution in [2.24, 2.45) is 11.0 Å². The van der Waals surface area contributed by atoms with Gasteiger partial charge in [-0.2, -0.15) is 5.10 Å². The second-order valence-corrected chi connectivity index (χ2v) is 8.85. The summed E-state index contributed by atoms with van der Waals surface area (Å²) in [6.07, 6.45) is 0. The van der Waals surface area contributed by atoms with E-state index in [1.54, 1.807) is 23.2 Å². The fourth-order valence-corrected chi connectivity index (χ4v) is 4.76. The van der Waals surface area contributed by atoms with Crippen LogP contribution in [-0.4, -0.2) is 36.8 Å². The molecule has 164 valence electrons. The highest BCUT2D eigenvalue weighted by Crippen LogP contribution is 2.41. The van der Waals surface area contributed by atoms with E-state index in [9.17, 15) is 9.59 Å². The zero-order valence-corrected chi connectivity index (χ0v) is 18.9. The van der Waals surface area contributed by atoms with Crippen molar-refractivity contribution in [1.29, 1.82) is 0 Å². The molecule has 0 spiro atoms. The molecule has 3 aromatic rings. The number of nitrogens with zero attached hydrogens (tertiary/aromatic N) is 3. The summed E-state index contributed by atoms with van der Waals surface area (Å²) >= 11 is 3.45. The number of hydrogen-bond donors (Lipinski definition) is 0. The summed E-state index contributed by atoms with van der Waals surface area (Å²) in [6, 6.07) is 21.4. The lowest BCUT2D eigenvalue weighted by atomic mass is 9.93. The summed E-state index contributed by atoms with van der Waals surface area (Å²) in [4.78, 5) is 28.6. The Balaban J connectivity index is 1.44. The topological polar surface area (TPSA) is 71.4 Å². The fraction of sp³-hybridized carbons (Fsp3) is 0.160. The number of anilines is 2. The second kappa shape index (κ2) is 7.74. The van der Waals surface area contributed by atoms with Crippen LogP contribution < -0.4 is 19.4 Å². The molecule has 0 N–H and O–H groups in total. The molecule has 33 heavy (non-hydrogen) atoms. The minimum atomic E-state index is -0.758. The summed E-state index contributed by atoms with van der Waals surface area (Å²) in [5.74, 6) is -0.208. The van der Waals surface area contributed by atoms with Crippen LogP contribution in [0.3, 0.4) is 0 Å². The molecule has 3 heterocycles. The van der Waals surface area contributed by atoms with Gasteiger partial charge in [-0.1, -0.05) is 46.3 Å². The molecule has 0 bridgehead atoms. The molecule has 3 aliphatic rings. The van der Waals surface area contributed by atoms with Crippen molar-refractivity contribution >= 4 is 44.8 Å². The first-order valence-electron chi connectivity index (χ1n) is 10.6. The van der Waals surface area contributed by atoms with Crippen LogP contribution in [0.25, 0.3) is 0 Å². The third kappa shape index (κ3) is 3.21. The predicted octanol–water partition coefficient (Wildman–Crippen LogP) is 4.00. The van der Waals surface area contributed by atoms with Crippen LogP contribution in [0.1, 0.15) is 5.56 Å². The SMILES string of the molecule is O=C1[C@H]2C(c3ccc(Br)cc3)=NN(c3ccccc3)[C@@H]2C(=O)N1c1ccc2c(c1)OCCO2. The lowest BCUT2D eigenvalue weighted by Gasteiger charge is -2.23. The highest BCUT2D eigenvalue weighted by Gasteiger charge is 2.57. The number of hydrogen-bond acceptors (Lipinski definition) is 6. The summed E-state index contributed by atoms with van der Waals surface area (Å²) in [5.41, 5.74) is 2.60. The van der Waals surface area contributed by atoms with Gasteiger partial charge in [0.15, 0.2) is 11.5 Å². The van der Waals surface area contributed by atoms with Crippen LogP contribution >= 0.6 is 15.9 Å². The third-order valence-corrected chi connectivity index (χ3v) is 6.52. The van der Waals surface area contributed by atoms with Gasteiger partial charge in [-0.25, -0.2) is 4.90 Å². The molecule has 8 heteroatoms. The molecule has 7 nitrogen and oxygen atoms in total. The quantitative estimate of drug-likeness (QED) is 0.505. The average Bonchev–Trinajstić information content (AvgIpc) is 3.36. The normalized spacial score (nSPS) is 21.3. The van der Waals surface area contributed by atoms with Gasteiger partial charge in [-0.3, -0.25) is 14.6 Å². The van der Waals surface area contributed by atoms with E-state index < -0.39 is 12.0 Å². The Bertz CT molecular complexity index is 1290. The molecule has 0 radical (unpaired) electrons. The molecule has 1 saturated heterocycles. The minimum Gasteiger partial charge on any atom is -0.486 e. The van der Waals surface area contributed by atoms with Gasteiger partial charge < -0.3 is 9.47 Å². The van der Waals surface area contributed by atoms with E-state index in [2.05, 4.69) is 15.9 Å². The number of rotatable bonds is 3. The van der Waals surface area contributed by atoms with Crippen LogP contribution in [0.15, 0.2) is 82.4 Å². The molecule has 3 aromatic carbocycles. The van der Waals surface area contributed by atoms with E-state index in [0.717, 1.165) is 15.7 Å². The number of carbonyl (C=O) groups is 2. The van der Waals surface area contributed by atoms with Gasteiger partial charge in [0, 0.05) is 10.5 Å². The van der Waals surface area contributed by atoms with Gasteiger partial charge >= 0.3 is 0 Å². The number of carbonyl (C=O) groups excluding carboxylic acids is 2. The number of amides is 2. The molecule has 2 atom stereocenters. The Morgan fingerprint density at radius 1 is 0.818 bits per heavy atom. The first-order valence-corrected chi connectivity index (χ1v) is 11.4. The van der Waals surface area contributed by atoms with Crippen molar-refractivity contribution in [2.45, 2.75) is 6.04 Å². The molecule has 3 aliphatic heterocycles. The highest BCUT2D eigenvalue weighted by molar-refractivity contribution is 9.10. The number of benzene rings is 3.